The molecular weight excluding hydrogens is 294 g/mol. The van der Waals surface area contributed by atoms with Crippen molar-refractivity contribution < 1.29 is 0 Å². The van der Waals surface area contributed by atoms with E-state index < -0.39 is 0 Å². The minimum atomic E-state index is 0.249. The second kappa shape index (κ2) is 5.62. The van der Waals surface area contributed by atoms with E-state index in [0.29, 0.717) is 0 Å². The van der Waals surface area contributed by atoms with E-state index in [1.807, 2.05) is 0 Å². The zero-order valence-electron chi connectivity index (χ0n) is 14.6. The van der Waals surface area contributed by atoms with Crippen LogP contribution >= 0.6 is 0 Å². The summed E-state index contributed by atoms with van der Waals surface area (Å²) in [6, 6.07) is 12.9. The van der Waals surface area contributed by atoms with Gasteiger partial charge in [-0.1, -0.05) is 35.4 Å². The fourth-order valence-electron chi connectivity index (χ4n) is 3.97. The zero-order valence-corrected chi connectivity index (χ0v) is 14.6. The Kier molecular flexibility index (Phi) is 3.56. The number of aromatic nitrogens is 1. The van der Waals surface area contributed by atoms with Crippen LogP contribution in [0.3, 0.4) is 0 Å². The minimum absolute atomic E-state index is 0.249. The van der Waals surface area contributed by atoms with Gasteiger partial charge in [0, 0.05) is 23.2 Å². The number of hydrogen-bond donors (Lipinski definition) is 0. The molecule has 0 amide bonds. The highest BCUT2D eigenvalue weighted by atomic mass is 16.1. The molecule has 0 atom stereocenters. The maximum absolute atomic E-state index is 12.9. The van der Waals surface area contributed by atoms with Crippen molar-refractivity contribution in [2.24, 2.45) is 0 Å². The number of pyridine rings is 1. The number of aryl methyl sites for hydroxylation is 3. The number of benzene rings is 2. The van der Waals surface area contributed by atoms with E-state index in [2.05, 4.69) is 61.7 Å². The Morgan fingerprint density at radius 3 is 2.54 bits per heavy atom. The molecule has 0 bridgehead atoms. The third-order valence-electron chi connectivity index (χ3n) is 5.31. The average Bonchev–Trinajstić information content (AvgIpc) is 3.04. The van der Waals surface area contributed by atoms with Gasteiger partial charge in [0.15, 0.2) is 5.43 Å². The van der Waals surface area contributed by atoms with Crippen LogP contribution in [-0.4, -0.2) is 4.57 Å². The molecule has 1 aromatic heterocycles. The quantitative estimate of drug-likeness (QED) is 0.684. The van der Waals surface area contributed by atoms with Crippen LogP contribution in [0, 0.1) is 20.8 Å². The van der Waals surface area contributed by atoms with Gasteiger partial charge in [0.2, 0.25) is 0 Å². The summed E-state index contributed by atoms with van der Waals surface area (Å²) in [7, 11) is 0. The fraction of sp³-hybridized carbons (Fsp3) is 0.318. The maximum Gasteiger partial charge on any atom is 0.192 e. The molecule has 0 aliphatic heterocycles. The predicted molar refractivity (Wildman–Crippen MR) is 100.0 cm³/mol. The second-order valence-corrected chi connectivity index (χ2v) is 7.14. The van der Waals surface area contributed by atoms with Gasteiger partial charge in [0.1, 0.15) is 0 Å². The first-order valence-corrected chi connectivity index (χ1v) is 8.75. The van der Waals surface area contributed by atoms with E-state index in [1.165, 1.54) is 22.4 Å². The van der Waals surface area contributed by atoms with Crippen molar-refractivity contribution in [2.45, 2.75) is 46.6 Å². The standard InChI is InChI=1S/C22H23NO/c1-14-7-9-16(3)17(11-14)13-23-20-6-4-5-18(20)22(24)19-12-15(2)8-10-21(19)23/h7-12H,4-6,13H2,1-3H3. The number of nitrogens with zero attached hydrogens (tertiary/aromatic N) is 1. The van der Waals surface area contributed by atoms with Gasteiger partial charge in [0.05, 0.1) is 5.52 Å². The highest BCUT2D eigenvalue weighted by molar-refractivity contribution is 5.81. The Hall–Kier alpha value is -2.35. The van der Waals surface area contributed by atoms with Crippen molar-refractivity contribution >= 4 is 10.9 Å². The van der Waals surface area contributed by atoms with Crippen LogP contribution in [-0.2, 0) is 19.4 Å². The average molecular weight is 317 g/mol. The summed E-state index contributed by atoms with van der Waals surface area (Å²) in [6.07, 6.45) is 3.02. The number of hydrogen-bond acceptors (Lipinski definition) is 1. The van der Waals surface area contributed by atoms with Crippen molar-refractivity contribution in [1.82, 2.24) is 4.57 Å². The van der Waals surface area contributed by atoms with Gasteiger partial charge in [-0.3, -0.25) is 4.79 Å². The smallest absolute Gasteiger partial charge is 0.192 e. The molecule has 0 saturated carbocycles. The highest BCUT2D eigenvalue weighted by Gasteiger charge is 2.21. The first kappa shape index (κ1) is 15.2. The molecule has 0 N–H and O–H groups in total. The van der Waals surface area contributed by atoms with Crippen LogP contribution in [0.2, 0.25) is 0 Å². The molecule has 0 saturated heterocycles. The fourth-order valence-corrected chi connectivity index (χ4v) is 3.97. The van der Waals surface area contributed by atoms with Crippen LogP contribution < -0.4 is 5.43 Å². The van der Waals surface area contributed by atoms with Gasteiger partial charge in [-0.2, -0.15) is 0 Å². The maximum atomic E-state index is 12.9. The van der Waals surface area contributed by atoms with Crippen molar-refractivity contribution in [3.8, 4) is 0 Å². The van der Waals surface area contributed by atoms with E-state index in [-0.39, 0.29) is 5.43 Å². The molecule has 0 radical (unpaired) electrons. The molecule has 4 rings (SSSR count). The Morgan fingerprint density at radius 1 is 0.958 bits per heavy atom. The number of rotatable bonds is 2. The molecule has 0 unspecified atom stereocenters. The molecule has 24 heavy (non-hydrogen) atoms. The van der Waals surface area contributed by atoms with Gasteiger partial charge in [0.25, 0.3) is 0 Å². The Balaban J connectivity index is 1.99. The molecule has 1 aliphatic carbocycles. The predicted octanol–water partition coefficient (Wildman–Crippen LogP) is 4.46. The van der Waals surface area contributed by atoms with Crippen LogP contribution in [0.25, 0.3) is 10.9 Å². The summed E-state index contributed by atoms with van der Waals surface area (Å²) in [5.41, 5.74) is 8.70. The minimum Gasteiger partial charge on any atom is -0.340 e. The number of fused-ring (bicyclic) bond motifs is 2. The molecule has 1 heterocycles. The summed E-state index contributed by atoms with van der Waals surface area (Å²) >= 11 is 0. The van der Waals surface area contributed by atoms with Crippen LogP contribution in [0.1, 0.15) is 39.9 Å². The third kappa shape index (κ3) is 2.37. The summed E-state index contributed by atoms with van der Waals surface area (Å²) < 4.78 is 2.39. The molecule has 2 aromatic carbocycles. The first-order chi connectivity index (χ1) is 11.5. The van der Waals surface area contributed by atoms with Crippen molar-refractivity contribution in [3.05, 3.63) is 80.1 Å². The second-order valence-electron chi connectivity index (χ2n) is 7.14. The highest BCUT2D eigenvalue weighted by Crippen LogP contribution is 2.26. The van der Waals surface area contributed by atoms with E-state index >= 15 is 0 Å². The van der Waals surface area contributed by atoms with Gasteiger partial charge in [-0.15, -0.1) is 0 Å². The molecule has 2 nitrogen and oxygen atoms in total. The van der Waals surface area contributed by atoms with E-state index in [9.17, 15) is 4.79 Å². The first-order valence-electron chi connectivity index (χ1n) is 8.75. The lowest BCUT2D eigenvalue weighted by molar-refractivity contribution is 0.757. The van der Waals surface area contributed by atoms with Crippen molar-refractivity contribution in [3.63, 3.8) is 0 Å². The van der Waals surface area contributed by atoms with Crippen LogP contribution in [0.5, 0.6) is 0 Å². The largest absolute Gasteiger partial charge is 0.340 e. The topological polar surface area (TPSA) is 22.0 Å². The Labute approximate surface area is 142 Å². The Morgan fingerprint density at radius 2 is 1.71 bits per heavy atom. The lowest BCUT2D eigenvalue weighted by Crippen LogP contribution is -2.18. The van der Waals surface area contributed by atoms with Gasteiger partial charge in [-0.05, 0) is 63.3 Å². The van der Waals surface area contributed by atoms with Crippen LogP contribution in [0.4, 0.5) is 0 Å². The molecule has 1 aliphatic rings. The SMILES string of the molecule is Cc1ccc(C)c(Cn2c3c(c(=O)c4cc(C)ccc42)CCC3)c1. The molecule has 122 valence electrons. The van der Waals surface area contributed by atoms with Gasteiger partial charge >= 0.3 is 0 Å². The van der Waals surface area contributed by atoms with E-state index in [1.54, 1.807) is 0 Å². The molecule has 0 fully saturated rings. The molecule has 0 spiro atoms. The van der Waals surface area contributed by atoms with Crippen LogP contribution in [0.15, 0.2) is 41.2 Å². The third-order valence-corrected chi connectivity index (χ3v) is 5.31. The summed E-state index contributed by atoms with van der Waals surface area (Å²) in [5, 5.41) is 0.876. The Bertz CT molecular complexity index is 1010. The monoisotopic (exact) mass is 317 g/mol. The normalized spacial score (nSPS) is 13.5. The summed E-state index contributed by atoms with van der Waals surface area (Å²) in [4.78, 5) is 12.9. The summed E-state index contributed by atoms with van der Waals surface area (Å²) in [5.74, 6) is 0. The molecular formula is C22H23NO. The molecule has 2 heteroatoms. The molecule has 3 aromatic rings. The lowest BCUT2D eigenvalue weighted by atomic mass is 10.0. The lowest BCUT2D eigenvalue weighted by Gasteiger charge is -2.19. The summed E-state index contributed by atoms with van der Waals surface area (Å²) in [6.45, 7) is 7.21. The van der Waals surface area contributed by atoms with E-state index in [0.717, 1.165) is 47.8 Å². The van der Waals surface area contributed by atoms with Crippen molar-refractivity contribution in [2.75, 3.05) is 0 Å². The van der Waals surface area contributed by atoms with Gasteiger partial charge in [-0.25, -0.2) is 0 Å². The zero-order chi connectivity index (χ0) is 16.8. The van der Waals surface area contributed by atoms with Crippen molar-refractivity contribution in [1.29, 1.82) is 0 Å². The van der Waals surface area contributed by atoms with E-state index in [4.69, 9.17) is 0 Å². The van der Waals surface area contributed by atoms with Gasteiger partial charge < -0.3 is 4.57 Å².